The molecule has 0 N–H and O–H groups in total. The van der Waals surface area contributed by atoms with E-state index in [9.17, 15) is 11.0 Å². The Kier molecular flexibility index (Phi) is 5.79. The quantitative estimate of drug-likeness (QED) is 0.164. The Bertz CT molecular complexity index is 5360. The lowest BCUT2D eigenvalue weighted by Crippen LogP contribution is -2.61. The Morgan fingerprint density at radius 3 is 1.08 bits per heavy atom. The van der Waals surface area contributed by atoms with E-state index >= 15 is 0 Å². The van der Waals surface area contributed by atoms with Gasteiger partial charge in [-0.05, 0) is 78.2 Å². The van der Waals surface area contributed by atoms with Crippen molar-refractivity contribution in [1.29, 1.82) is 0 Å². The van der Waals surface area contributed by atoms with E-state index in [1.165, 1.54) is 0 Å². The number of hydrogen-bond acceptors (Lipinski definition) is 6. The Labute approximate surface area is 435 Å². The van der Waals surface area contributed by atoms with Crippen LogP contribution in [0.5, 0.6) is 0 Å². The van der Waals surface area contributed by atoms with Crippen LogP contribution in [0.3, 0.4) is 0 Å². The second-order valence-electron chi connectivity index (χ2n) is 19.1. The molecule has 7 nitrogen and oxygen atoms in total. The molecule has 0 bridgehead atoms. The first kappa shape index (κ1) is 30.7. The lowest BCUT2D eigenvalue weighted by molar-refractivity contribution is 0.664. The molecule has 11 aromatic carbocycles. The van der Waals surface area contributed by atoms with Crippen LogP contribution < -0.4 is 26.2 Å². The van der Waals surface area contributed by atoms with Gasteiger partial charge >= 0.3 is 0 Å². The standard InChI is InChI=1S/C66H36BN3O4/c1-3-19-37(20-4-1)69-48-35-39(68-46-29-13-7-23-40(46)41-24-8-14-30-47(41)68)36-49-58(48)67(59-61(69)65-56(44-27-11-17-33-52(44)73-65)54-42-25-9-15-31-50(42)71-63(54)59)60-62(70(49)38-21-5-2-6-22-38)66-57(45-28-12-18-34-53(45)74-66)55-43-26-10-16-32-51(43)72-64(55)60/h1-36H/i1D,2D,3D,4D,5D,6D,19D,20D,21D,22D. The minimum Gasteiger partial charge on any atom is -0.456 e. The second kappa shape index (κ2) is 13.9. The van der Waals surface area contributed by atoms with Gasteiger partial charge in [0, 0.05) is 87.5 Å². The van der Waals surface area contributed by atoms with Crippen molar-refractivity contribution in [1.82, 2.24) is 4.57 Å². The summed E-state index contributed by atoms with van der Waals surface area (Å²) < 4.78 is 127. The Morgan fingerprint density at radius 2 is 0.676 bits per heavy atom. The molecular formula is C66H36BN3O4. The van der Waals surface area contributed by atoms with Crippen molar-refractivity contribution in [3.63, 3.8) is 0 Å². The van der Waals surface area contributed by atoms with Gasteiger partial charge in [0.05, 0.1) is 41.8 Å². The topological polar surface area (TPSA) is 64.0 Å². The minimum absolute atomic E-state index is 0.193. The molecule has 2 aliphatic rings. The SMILES string of the molecule is [2H]c1c([2H])c([2H])c(N2c3cc(-n4c5ccccc5c5ccccc54)cc4c3B(c3c2c2oc5ccccc5c2c2c3oc3ccccc32)c2c(c3oc5ccccc5c3c3c2oc2ccccc23)N4c2c([2H])c([2H])c([2H])c([2H])c2[2H])c([2H])c1[2H]. The average Bonchev–Trinajstić information content (AvgIpc) is 1.46. The number of rotatable bonds is 3. The molecule has 8 heteroatoms. The minimum atomic E-state index is -1.02. The molecule has 342 valence electrons. The molecule has 74 heavy (non-hydrogen) atoms. The molecule has 0 saturated heterocycles. The number of hydrogen-bond donors (Lipinski definition) is 0. The lowest BCUT2D eigenvalue weighted by atomic mass is 9.33. The molecule has 2 aliphatic heterocycles. The van der Waals surface area contributed by atoms with Crippen molar-refractivity contribution in [3.8, 4) is 5.69 Å². The van der Waals surface area contributed by atoms with Crippen LogP contribution in [-0.4, -0.2) is 11.3 Å². The smallest absolute Gasteiger partial charge is 0.262 e. The van der Waals surface area contributed by atoms with Crippen molar-refractivity contribution in [2.45, 2.75) is 0 Å². The molecule has 0 atom stereocenters. The summed E-state index contributed by atoms with van der Waals surface area (Å²) in [5.74, 6) is 0. The van der Waals surface area contributed by atoms with Gasteiger partial charge in [0.15, 0.2) is 11.2 Å². The van der Waals surface area contributed by atoms with Crippen LogP contribution in [0.4, 0.5) is 34.1 Å². The molecule has 5 aromatic heterocycles. The lowest BCUT2D eigenvalue weighted by Gasteiger charge is -2.44. The highest BCUT2D eigenvalue weighted by Gasteiger charge is 2.50. The highest BCUT2D eigenvalue weighted by atomic mass is 16.3. The molecular weight excluding hydrogens is 910 g/mol. The van der Waals surface area contributed by atoms with Crippen LogP contribution >= 0.6 is 0 Å². The van der Waals surface area contributed by atoms with Crippen LogP contribution in [0.25, 0.3) is 115 Å². The molecule has 0 amide bonds. The van der Waals surface area contributed by atoms with Gasteiger partial charge in [-0.3, -0.25) is 0 Å². The van der Waals surface area contributed by atoms with E-state index in [0.29, 0.717) is 111 Å². The summed E-state index contributed by atoms with van der Waals surface area (Å²) in [4.78, 5) is 3.42. The number of nitrogens with zero attached hydrogens (tertiary/aromatic N) is 3. The van der Waals surface area contributed by atoms with Crippen molar-refractivity contribution in [2.75, 3.05) is 9.80 Å². The van der Waals surface area contributed by atoms with Gasteiger partial charge in [0.25, 0.3) is 6.71 Å². The predicted octanol–water partition coefficient (Wildman–Crippen LogP) is 16.5. The number of furan rings is 4. The molecule has 0 radical (unpaired) electrons. The second-order valence-corrected chi connectivity index (χ2v) is 19.1. The van der Waals surface area contributed by atoms with Gasteiger partial charge in [-0.25, -0.2) is 0 Å². The third-order valence-electron chi connectivity index (χ3n) is 15.5. The fourth-order valence-electron chi connectivity index (χ4n) is 12.8. The van der Waals surface area contributed by atoms with Gasteiger partial charge in [0.1, 0.15) is 33.5 Å². The summed E-state index contributed by atoms with van der Waals surface area (Å²) in [6, 6.07) is 45.2. The van der Waals surface area contributed by atoms with Gasteiger partial charge in [-0.1, -0.05) is 145 Å². The van der Waals surface area contributed by atoms with Crippen LogP contribution in [0.2, 0.25) is 0 Å². The van der Waals surface area contributed by atoms with Crippen molar-refractivity contribution in [2.24, 2.45) is 0 Å². The van der Waals surface area contributed by atoms with E-state index in [4.69, 9.17) is 20.4 Å². The first-order chi connectivity index (χ1) is 40.9. The Hall–Kier alpha value is -9.92. The molecule has 0 unspecified atom stereocenters. The zero-order valence-electron chi connectivity index (χ0n) is 48.6. The molecule has 7 heterocycles. The third-order valence-corrected chi connectivity index (χ3v) is 15.5. The Morgan fingerprint density at radius 1 is 0.338 bits per heavy atom. The van der Waals surface area contributed by atoms with Crippen molar-refractivity contribution in [3.05, 3.63) is 218 Å². The number of aromatic nitrogens is 1. The van der Waals surface area contributed by atoms with Gasteiger partial charge in [0.2, 0.25) is 0 Å². The van der Waals surface area contributed by atoms with Crippen LogP contribution in [0.1, 0.15) is 13.7 Å². The highest BCUT2D eigenvalue weighted by molar-refractivity contribution is 7.03. The van der Waals surface area contributed by atoms with Crippen LogP contribution in [0.15, 0.2) is 236 Å². The van der Waals surface area contributed by atoms with E-state index < -0.39 is 67.1 Å². The van der Waals surface area contributed by atoms with Crippen molar-refractivity contribution >= 4 is 167 Å². The summed E-state index contributed by atoms with van der Waals surface area (Å²) in [5, 5.41) is 7.66. The first-order valence-electron chi connectivity index (χ1n) is 29.4. The maximum absolute atomic E-state index is 10.00. The largest absolute Gasteiger partial charge is 0.456 e. The normalized spacial score (nSPS) is 15.2. The summed E-state index contributed by atoms with van der Waals surface area (Å²) in [7, 11) is 0. The van der Waals surface area contributed by atoms with E-state index in [-0.39, 0.29) is 11.4 Å². The molecule has 0 spiro atoms. The van der Waals surface area contributed by atoms with Crippen molar-refractivity contribution < 1.29 is 31.4 Å². The van der Waals surface area contributed by atoms with Gasteiger partial charge < -0.3 is 32.0 Å². The van der Waals surface area contributed by atoms with E-state index in [1.807, 2.05) is 158 Å². The van der Waals surface area contributed by atoms with E-state index in [2.05, 4.69) is 4.57 Å². The van der Waals surface area contributed by atoms with Crippen LogP contribution in [-0.2, 0) is 0 Å². The van der Waals surface area contributed by atoms with E-state index in [1.54, 1.807) is 9.80 Å². The zero-order valence-corrected chi connectivity index (χ0v) is 38.6. The fraction of sp³-hybridized carbons (Fsp3) is 0. The maximum atomic E-state index is 10.00. The van der Waals surface area contributed by atoms with Gasteiger partial charge in [-0.15, -0.1) is 0 Å². The number of para-hydroxylation sites is 8. The Balaban J connectivity index is 1.16. The molecule has 18 rings (SSSR count). The summed E-state index contributed by atoms with van der Waals surface area (Å²) in [5.41, 5.74) is 8.15. The van der Waals surface area contributed by atoms with Gasteiger partial charge in [-0.2, -0.15) is 0 Å². The highest BCUT2D eigenvalue weighted by Crippen LogP contribution is 2.55. The molecule has 0 aliphatic carbocycles. The molecule has 0 fully saturated rings. The summed E-state index contributed by atoms with van der Waals surface area (Å²) in [6.45, 7) is -1.02. The predicted molar refractivity (Wildman–Crippen MR) is 304 cm³/mol. The average molecular weight is 956 g/mol. The first-order valence-corrected chi connectivity index (χ1v) is 24.4. The monoisotopic (exact) mass is 955 g/mol. The number of anilines is 6. The fourth-order valence-corrected chi connectivity index (χ4v) is 12.8. The number of benzene rings is 11. The molecule has 0 saturated carbocycles. The zero-order chi connectivity index (χ0) is 56.6. The number of fused-ring (bicyclic) bond motifs is 25. The maximum Gasteiger partial charge on any atom is 0.262 e. The summed E-state index contributed by atoms with van der Waals surface area (Å²) >= 11 is 0. The third kappa shape index (κ3) is 4.78. The molecule has 16 aromatic rings. The van der Waals surface area contributed by atoms with Crippen LogP contribution in [0, 0.1) is 0 Å². The van der Waals surface area contributed by atoms with E-state index in [0.717, 1.165) is 43.4 Å². The summed E-state index contributed by atoms with van der Waals surface area (Å²) in [6.07, 6.45) is 0.